The van der Waals surface area contributed by atoms with Crippen molar-refractivity contribution in [3.05, 3.63) is 53.6 Å². The predicted octanol–water partition coefficient (Wildman–Crippen LogP) is 2.35. The van der Waals surface area contributed by atoms with E-state index in [0.29, 0.717) is 17.2 Å². The minimum absolute atomic E-state index is 0.127. The van der Waals surface area contributed by atoms with Gasteiger partial charge in [-0.15, -0.1) is 0 Å². The second-order valence-corrected chi connectivity index (χ2v) is 6.37. The normalized spacial score (nSPS) is 10.3. The molecule has 0 atom stereocenters. The first-order valence-corrected chi connectivity index (χ1v) is 9.60. The molecule has 2 aromatic rings. The van der Waals surface area contributed by atoms with E-state index in [0.717, 1.165) is 11.1 Å². The van der Waals surface area contributed by atoms with Gasteiger partial charge in [0.15, 0.2) is 0 Å². The minimum atomic E-state index is -1.29. The highest BCUT2D eigenvalue weighted by Gasteiger charge is 2.06. The van der Waals surface area contributed by atoms with E-state index < -0.39 is 18.1 Å². The van der Waals surface area contributed by atoms with E-state index in [-0.39, 0.29) is 19.6 Å². The molecule has 0 aliphatic heterocycles. The molecule has 0 bridgehead atoms. The zero-order valence-electron chi connectivity index (χ0n) is 17.7. The van der Waals surface area contributed by atoms with Crippen molar-refractivity contribution < 1.29 is 33.7 Å². The maximum atomic E-state index is 11.8. The average molecular weight is 443 g/mol. The van der Waals surface area contributed by atoms with Gasteiger partial charge in [0, 0.05) is 19.2 Å². The molecule has 0 aliphatic carbocycles. The summed E-state index contributed by atoms with van der Waals surface area (Å²) in [5, 5.41) is 15.3. The Morgan fingerprint density at radius 1 is 0.812 bits per heavy atom. The fraction of sp³-hybridized carbons (Fsp3) is 0.227. The van der Waals surface area contributed by atoms with Crippen LogP contribution < -0.4 is 30.2 Å². The van der Waals surface area contributed by atoms with Crippen molar-refractivity contribution in [1.82, 2.24) is 16.0 Å². The van der Waals surface area contributed by atoms with Crippen LogP contribution in [0.25, 0.3) is 12.2 Å². The third-order valence-electron chi connectivity index (χ3n) is 4.05. The van der Waals surface area contributed by atoms with Crippen molar-refractivity contribution in [3.63, 3.8) is 0 Å². The van der Waals surface area contributed by atoms with E-state index in [2.05, 4.69) is 10.6 Å². The molecule has 0 aromatic heterocycles. The Morgan fingerprint density at radius 2 is 1.41 bits per heavy atom. The lowest BCUT2D eigenvalue weighted by molar-refractivity contribution is -0.120. The maximum Gasteiger partial charge on any atom is 0.412 e. The molecule has 2 rings (SSSR count). The summed E-state index contributed by atoms with van der Waals surface area (Å²) in [5.74, 6) is 1.24. The summed E-state index contributed by atoms with van der Waals surface area (Å²) in [7, 11) is 3.18. The van der Waals surface area contributed by atoms with Crippen LogP contribution in [0.15, 0.2) is 42.5 Å². The van der Waals surface area contributed by atoms with Crippen LogP contribution in [-0.2, 0) is 4.79 Å². The number of hydrogen-bond acceptors (Lipinski definition) is 6. The SMILES string of the molecule is COc1cc(/C=C/c2ccc(OC(=O)NCCNC(=O)CNC(=O)O)cc2)cc(OC)c1. The van der Waals surface area contributed by atoms with Gasteiger partial charge < -0.3 is 35.3 Å². The Labute approximate surface area is 185 Å². The first-order valence-electron chi connectivity index (χ1n) is 9.60. The molecule has 32 heavy (non-hydrogen) atoms. The van der Waals surface area contributed by atoms with Crippen molar-refractivity contribution >= 4 is 30.2 Å². The lowest BCUT2D eigenvalue weighted by Crippen LogP contribution is -2.40. The van der Waals surface area contributed by atoms with E-state index in [1.54, 1.807) is 44.6 Å². The topological polar surface area (TPSA) is 135 Å². The van der Waals surface area contributed by atoms with Crippen LogP contribution in [0.1, 0.15) is 11.1 Å². The molecule has 10 heteroatoms. The molecule has 0 heterocycles. The molecule has 0 saturated carbocycles. The molecule has 0 aliphatic rings. The molecule has 0 unspecified atom stereocenters. The van der Waals surface area contributed by atoms with Crippen molar-refractivity contribution in [2.45, 2.75) is 0 Å². The highest BCUT2D eigenvalue weighted by molar-refractivity contribution is 5.81. The number of rotatable bonds is 10. The van der Waals surface area contributed by atoms with Crippen molar-refractivity contribution in [2.75, 3.05) is 33.9 Å². The van der Waals surface area contributed by atoms with Gasteiger partial charge in [-0.25, -0.2) is 9.59 Å². The van der Waals surface area contributed by atoms with Crippen LogP contribution in [0.4, 0.5) is 9.59 Å². The van der Waals surface area contributed by atoms with E-state index in [4.69, 9.17) is 19.3 Å². The average Bonchev–Trinajstić information content (AvgIpc) is 2.79. The molecular weight excluding hydrogens is 418 g/mol. The standard InChI is InChI=1S/C22H25N3O7/c1-30-18-11-16(12-19(13-18)31-2)4-3-15-5-7-17(8-6-15)32-22(29)24-10-9-23-20(26)14-25-21(27)28/h3-8,11-13,25H,9-10,14H2,1-2H3,(H,23,26)(H,24,29)(H,27,28)/b4-3+. The summed E-state index contributed by atoms with van der Waals surface area (Å²) in [4.78, 5) is 33.4. The highest BCUT2D eigenvalue weighted by Crippen LogP contribution is 2.24. The Bertz CT molecular complexity index is 936. The zero-order valence-corrected chi connectivity index (χ0v) is 17.7. The van der Waals surface area contributed by atoms with Gasteiger partial charge in [0.2, 0.25) is 5.91 Å². The lowest BCUT2D eigenvalue weighted by atomic mass is 10.1. The summed E-state index contributed by atoms with van der Waals surface area (Å²) in [6, 6.07) is 12.5. The number of carbonyl (C=O) groups is 3. The van der Waals surface area contributed by atoms with E-state index in [1.165, 1.54) is 0 Å². The predicted molar refractivity (Wildman–Crippen MR) is 118 cm³/mol. The molecule has 0 fully saturated rings. The number of carboxylic acid groups (broad SMARTS) is 1. The van der Waals surface area contributed by atoms with Crippen LogP contribution in [0.3, 0.4) is 0 Å². The molecule has 0 saturated heterocycles. The number of nitrogens with one attached hydrogen (secondary N) is 3. The van der Waals surface area contributed by atoms with Crippen molar-refractivity contribution in [1.29, 1.82) is 0 Å². The monoisotopic (exact) mass is 443 g/mol. The third-order valence-corrected chi connectivity index (χ3v) is 4.05. The van der Waals surface area contributed by atoms with E-state index in [9.17, 15) is 14.4 Å². The van der Waals surface area contributed by atoms with Crippen LogP contribution in [0.5, 0.6) is 17.2 Å². The molecule has 0 radical (unpaired) electrons. The Hall–Kier alpha value is -4.21. The van der Waals surface area contributed by atoms with Gasteiger partial charge in [0.25, 0.3) is 0 Å². The summed E-state index contributed by atoms with van der Waals surface area (Å²) in [6.45, 7) is -0.0948. The third kappa shape index (κ3) is 8.66. The van der Waals surface area contributed by atoms with Gasteiger partial charge in [-0.1, -0.05) is 24.3 Å². The van der Waals surface area contributed by atoms with Gasteiger partial charge in [0.05, 0.1) is 20.8 Å². The number of methoxy groups -OCH3 is 2. The second-order valence-electron chi connectivity index (χ2n) is 6.37. The largest absolute Gasteiger partial charge is 0.497 e. The highest BCUT2D eigenvalue weighted by atomic mass is 16.6. The van der Waals surface area contributed by atoms with Gasteiger partial charge >= 0.3 is 12.2 Å². The zero-order chi connectivity index (χ0) is 23.3. The Morgan fingerprint density at radius 3 is 2.00 bits per heavy atom. The van der Waals surface area contributed by atoms with Gasteiger partial charge in [-0.3, -0.25) is 4.79 Å². The number of amides is 3. The molecule has 170 valence electrons. The van der Waals surface area contributed by atoms with Crippen LogP contribution in [-0.4, -0.2) is 57.1 Å². The number of benzene rings is 2. The van der Waals surface area contributed by atoms with Crippen molar-refractivity contribution in [2.24, 2.45) is 0 Å². The van der Waals surface area contributed by atoms with Crippen LogP contribution in [0, 0.1) is 0 Å². The molecule has 10 nitrogen and oxygen atoms in total. The lowest BCUT2D eigenvalue weighted by Gasteiger charge is -2.08. The number of ether oxygens (including phenoxy) is 3. The van der Waals surface area contributed by atoms with Crippen LogP contribution >= 0.6 is 0 Å². The first-order chi connectivity index (χ1) is 15.4. The quantitative estimate of drug-likeness (QED) is 0.327. The Kier molecular flexibility index (Phi) is 9.38. The maximum absolute atomic E-state index is 11.8. The first kappa shape index (κ1) is 24.1. The fourth-order valence-corrected chi connectivity index (χ4v) is 2.49. The van der Waals surface area contributed by atoms with E-state index in [1.807, 2.05) is 29.6 Å². The van der Waals surface area contributed by atoms with Crippen molar-refractivity contribution in [3.8, 4) is 17.2 Å². The second kappa shape index (κ2) is 12.5. The smallest absolute Gasteiger partial charge is 0.412 e. The summed E-state index contributed by atoms with van der Waals surface area (Å²) in [5.41, 5.74) is 1.81. The van der Waals surface area contributed by atoms with Crippen LogP contribution in [0.2, 0.25) is 0 Å². The summed E-state index contributed by atoms with van der Waals surface area (Å²) < 4.78 is 15.7. The molecule has 2 aromatic carbocycles. The number of carbonyl (C=O) groups excluding carboxylic acids is 2. The minimum Gasteiger partial charge on any atom is -0.497 e. The number of hydrogen-bond donors (Lipinski definition) is 4. The molecular formula is C22H25N3O7. The molecule has 4 N–H and O–H groups in total. The Balaban J connectivity index is 1.79. The van der Waals surface area contributed by atoms with Gasteiger partial charge in [-0.05, 0) is 35.4 Å². The van der Waals surface area contributed by atoms with E-state index >= 15 is 0 Å². The molecule has 3 amide bonds. The van der Waals surface area contributed by atoms with Gasteiger partial charge in [-0.2, -0.15) is 0 Å². The summed E-state index contributed by atoms with van der Waals surface area (Å²) in [6.07, 6.45) is 1.85. The fourth-order valence-electron chi connectivity index (χ4n) is 2.49. The van der Waals surface area contributed by atoms with Gasteiger partial charge in [0.1, 0.15) is 17.2 Å². The molecule has 0 spiro atoms. The summed E-state index contributed by atoms with van der Waals surface area (Å²) >= 11 is 0.